The largest absolute Gasteiger partial charge is 0.494 e. The first-order valence-electron chi connectivity index (χ1n) is 13.5. The number of carbonyl (C=O) groups is 2. The van der Waals surface area contributed by atoms with Gasteiger partial charge in [0.05, 0.1) is 18.7 Å². The van der Waals surface area contributed by atoms with Gasteiger partial charge in [0, 0.05) is 10.6 Å². The standard InChI is InChI=1S/C29H41N3O3S/c1-5-35-22-13-11-21(12-14-22)30-27(34)26-23-15-10-20(29(2,3)4)18-24(23)36-28(26)31-25(33)19-32-16-8-6-7-9-17-32/h11-14,20H,5-10,15-19H2,1-4H3,(H,30,34)(H,31,33)/t20-/m1/s1. The van der Waals surface area contributed by atoms with Gasteiger partial charge >= 0.3 is 0 Å². The number of benzene rings is 1. The zero-order chi connectivity index (χ0) is 25.7. The lowest BCUT2D eigenvalue weighted by atomic mass is 9.72. The molecular formula is C29H41N3O3S. The van der Waals surface area contributed by atoms with Gasteiger partial charge < -0.3 is 15.4 Å². The van der Waals surface area contributed by atoms with Crippen LogP contribution in [0.25, 0.3) is 0 Å². The average Bonchev–Trinajstić information content (AvgIpc) is 2.98. The first-order chi connectivity index (χ1) is 17.2. The molecule has 1 aliphatic heterocycles. The number of ether oxygens (including phenoxy) is 1. The first kappa shape index (κ1) is 26.7. The number of nitrogens with zero attached hydrogens (tertiary/aromatic N) is 1. The molecular weight excluding hydrogens is 470 g/mol. The van der Waals surface area contributed by atoms with Gasteiger partial charge in [-0.1, -0.05) is 33.6 Å². The van der Waals surface area contributed by atoms with E-state index < -0.39 is 0 Å². The second kappa shape index (κ2) is 11.8. The van der Waals surface area contributed by atoms with E-state index in [0.717, 1.165) is 56.5 Å². The summed E-state index contributed by atoms with van der Waals surface area (Å²) in [5.74, 6) is 1.15. The van der Waals surface area contributed by atoms with Crippen LogP contribution in [0.15, 0.2) is 24.3 Å². The van der Waals surface area contributed by atoms with Crippen molar-refractivity contribution in [3.63, 3.8) is 0 Å². The fraction of sp³-hybridized carbons (Fsp3) is 0.586. The molecule has 0 unspecified atom stereocenters. The van der Waals surface area contributed by atoms with Crippen molar-refractivity contribution in [3.8, 4) is 5.75 Å². The van der Waals surface area contributed by atoms with Crippen molar-refractivity contribution in [2.24, 2.45) is 11.3 Å². The zero-order valence-electron chi connectivity index (χ0n) is 22.2. The van der Waals surface area contributed by atoms with Crippen molar-refractivity contribution < 1.29 is 14.3 Å². The molecule has 2 heterocycles. The molecule has 196 valence electrons. The summed E-state index contributed by atoms with van der Waals surface area (Å²) in [6.07, 6.45) is 7.63. The highest BCUT2D eigenvalue weighted by Crippen LogP contribution is 2.44. The summed E-state index contributed by atoms with van der Waals surface area (Å²) in [6.45, 7) is 11.7. The van der Waals surface area contributed by atoms with Gasteiger partial charge in [-0.25, -0.2) is 0 Å². The summed E-state index contributed by atoms with van der Waals surface area (Å²) >= 11 is 1.59. The molecule has 6 nitrogen and oxygen atoms in total. The number of rotatable bonds is 7. The monoisotopic (exact) mass is 511 g/mol. The molecule has 4 rings (SSSR count). The van der Waals surface area contributed by atoms with Gasteiger partial charge in [-0.05, 0) is 93.3 Å². The van der Waals surface area contributed by atoms with Gasteiger partial charge in [0.25, 0.3) is 5.91 Å². The molecule has 2 N–H and O–H groups in total. The third-order valence-electron chi connectivity index (χ3n) is 7.46. The summed E-state index contributed by atoms with van der Waals surface area (Å²) in [4.78, 5) is 30.1. The van der Waals surface area contributed by atoms with Crippen molar-refractivity contribution in [2.45, 2.75) is 72.6 Å². The van der Waals surface area contributed by atoms with E-state index in [4.69, 9.17) is 4.74 Å². The summed E-state index contributed by atoms with van der Waals surface area (Å²) in [6, 6.07) is 7.43. The van der Waals surface area contributed by atoms with E-state index in [9.17, 15) is 9.59 Å². The topological polar surface area (TPSA) is 70.7 Å². The minimum atomic E-state index is -0.157. The molecule has 1 saturated heterocycles. The van der Waals surface area contributed by atoms with E-state index in [1.54, 1.807) is 11.3 Å². The van der Waals surface area contributed by atoms with E-state index in [0.29, 0.717) is 35.3 Å². The Hall–Kier alpha value is -2.38. The molecule has 2 aromatic rings. The Labute approximate surface area is 219 Å². The van der Waals surface area contributed by atoms with Gasteiger partial charge in [-0.3, -0.25) is 14.5 Å². The molecule has 0 spiro atoms. The Balaban J connectivity index is 1.55. The molecule has 0 radical (unpaired) electrons. The molecule has 1 aromatic carbocycles. The third-order valence-corrected chi connectivity index (χ3v) is 8.63. The van der Waals surface area contributed by atoms with Crippen molar-refractivity contribution in [1.82, 2.24) is 4.90 Å². The fourth-order valence-corrected chi connectivity index (χ4v) is 6.65. The lowest BCUT2D eigenvalue weighted by Crippen LogP contribution is -2.34. The number of likely N-dealkylation sites (tertiary alicyclic amines) is 1. The first-order valence-corrected chi connectivity index (χ1v) is 14.3. The minimum Gasteiger partial charge on any atom is -0.494 e. The second-order valence-corrected chi connectivity index (χ2v) is 12.3. The number of hydrogen-bond acceptors (Lipinski definition) is 5. The van der Waals surface area contributed by atoms with Gasteiger partial charge in [0.1, 0.15) is 10.8 Å². The number of carbonyl (C=O) groups excluding carboxylic acids is 2. The van der Waals surface area contributed by atoms with E-state index in [1.807, 2.05) is 31.2 Å². The average molecular weight is 512 g/mol. The summed E-state index contributed by atoms with van der Waals surface area (Å²) in [5, 5.41) is 6.89. The van der Waals surface area contributed by atoms with Crippen molar-refractivity contribution in [2.75, 3.05) is 36.9 Å². The maximum atomic E-state index is 13.6. The zero-order valence-corrected chi connectivity index (χ0v) is 23.1. The molecule has 1 aliphatic carbocycles. The molecule has 1 aromatic heterocycles. The van der Waals surface area contributed by atoms with E-state index in [1.165, 1.54) is 17.7 Å². The number of fused-ring (bicyclic) bond motifs is 1. The van der Waals surface area contributed by atoms with Crippen molar-refractivity contribution >= 4 is 33.8 Å². The number of amides is 2. The van der Waals surface area contributed by atoms with Crippen molar-refractivity contribution in [1.29, 1.82) is 0 Å². The molecule has 2 amide bonds. The van der Waals surface area contributed by atoms with E-state index >= 15 is 0 Å². The van der Waals surface area contributed by atoms with Crippen LogP contribution in [0, 0.1) is 11.3 Å². The lowest BCUT2D eigenvalue weighted by molar-refractivity contribution is -0.117. The van der Waals surface area contributed by atoms with Gasteiger partial charge in [-0.15, -0.1) is 11.3 Å². The van der Waals surface area contributed by atoms with Gasteiger partial charge in [0.2, 0.25) is 5.91 Å². The summed E-state index contributed by atoms with van der Waals surface area (Å²) in [7, 11) is 0. The Morgan fingerprint density at radius 1 is 1.06 bits per heavy atom. The Bertz CT molecular complexity index is 1050. The number of nitrogens with one attached hydrogen (secondary N) is 2. The smallest absolute Gasteiger partial charge is 0.258 e. The van der Waals surface area contributed by atoms with E-state index in [-0.39, 0.29) is 17.2 Å². The van der Waals surface area contributed by atoms with E-state index in [2.05, 4.69) is 36.3 Å². The van der Waals surface area contributed by atoms with Crippen LogP contribution in [0.3, 0.4) is 0 Å². The Morgan fingerprint density at radius 2 is 1.75 bits per heavy atom. The Kier molecular flexibility index (Phi) is 8.73. The molecule has 1 atom stereocenters. The maximum absolute atomic E-state index is 13.6. The molecule has 0 saturated carbocycles. The van der Waals surface area contributed by atoms with Crippen molar-refractivity contribution in [3.05, 3.63) is 40.3 Å². The van der Waals surface area contributed by atoms with Gasteiger partial charge in [-0.2, -0.15) is 0 Å². The maximum Gasteiger partial charge on any atom is 0.258 e. The normalized spacial score (nSPS) is 18.7. The predicted molar refractivity (Wildman–Crippen MR) is 148 cm³/mol. The predicted octanol–water partition coefficient (Wildman–Crippen LogP) is 6.36. The number of anilines is 2. The lowest BCUT2D eigenvalue weighted by Gasteiger charge is -2.33. The molecule has 7 heteroatoms. The molecule has 2 aliphatic rings. The summed E-state index contributed by atoms with van der Waals surface area (Å²) < 4.78 is 5.52. The number of thiophene rings is 1. The van der Waals surface area contributed by atoms with Crippen LogP contribution in [-0.4, -0.2) is 43.0 Å². The fourth-order valence-electron chi connectivity index (χ4n) is 5.31. The van der Waals surface area contributed by atoms with Crippen LogP contribution in [0.5, 0.6) is 5.75 Å². The van der Waals surface area contributed by atoms with Gasteiger partial charge in [0.15, 0.2) is 0 Å². The molecule has 1 fully saturated rings. The van der Waals surface area contributed by atoms with Crippen LogP contribution in [0.4, 0.5) is 10.7 Å². The minimum absolute atomic E-state index is 0.0296. The highest BCUT2D eigenvalue weighted by molar-refractivity contribution is 7.17. The highest BCUT2D eigenvalue weighted by atomic mass is 32.1. The molecule has 36 heavy (non-hydrogen) atoms. The number of hydrogen-bond donors (Lipinski definition) is 2. The van der Waals surface area contributed by atoms with Crippen LogP contribution >= 0.6 is 11.3 Å². The second-order valence-electron chi connectivity index (χ2n) is 11.2. The highest BCUT2D eigenvalue weighted by Gasteiger charge is 2.34. The Morgan fingerprint density at radius 3 is 2.39 bits per heavy atom. The van der Waals surface area contributed by atoms with Crippen LogP contribution in [0.1, 0.15) is 80.6 Å². The van der Waals surface area contributed by atoms with Crippen LogP contribution < -0.4 is 15.4 Å². The van der Waals surface area contributed by atoms with Crippen LogP contribution in [-0.2, 0) is 17.6 Å². The molecule has 0 bridgehead atoms. The quantitative estimate of drug-likeness (QED) is 0.453. The third kappa shape index (κ3) is 6.68. The SMILES string of the molecule is CCOc1ccc(NC(=O)c2c(NC(=O)CN3CCCCCC3)sc3c2CC[C@@H](C(C)(C)C)C3)cc1. The van der Waals surface area contributed by atoms with Crippen LogP contribution in [0.2, 0.25) is 0 Å². The summed E-state index contributed by atoms with van der Waals surface area (Å²) in [5.41, 5.74) is 2.67.